The topological polar surface area (TPSA) is 76.6 Å². The van der Waals surface area contributed by atoms with Crippen LogP contribution in [0.3, 0.4) is 0 Å². The number of rotatable bonds is 8. The molecule has 2 aliphatic heterocycles. The number of phenolic OH excluding ortho intramolecular Hbond substituents is 1. The Bertz CT molecular complexity index is 1170. The summed E-state index contributed by atoms with van der Waals surface area (Å²) in [7, 11) is 5.38. The Labute approximate surface area is 226 Å². The fourth-order valence-corrected chi connectivity index (χ4v) is 5.32. The van der Waals surface area contributed by atoms with Crippen molar-refractivity contribution in [2.24, 2.45) is 0 Å². The van der Waals surface area contributed by atoms with E-state index in [2.05, 4.69) is 24.8 Å². The monoisotopic (exact) mass is 522 g/mol. The molecule has 1 saturated heterocycles. The molecule has 1 N–H and O–H groups in total. The number of hydrogen-bond acceptors (Lipinski definition) is 6. The van der Waals surface area contributed by atoms with Gasteiger partial charge in [-0.25, -0.2) is 0 Å². The van der Waals surface area contributed by atoms with E-state index in [0.717, 1.165) is 42.6 Å². The highest BCUT2D eigenvalue weighted by Gasteiger charge is 2.35. The van der Waals surface area contributed by atoms with Crippen LogP contribution < -0.4 is 4.74 Å². The van der Waals surface area contributed by atoms with Gasteiger partial charge >= 0.3 is 0 Å². The zero-order chi connectivity index (χ0) is 27.6. The Morgan fingerprint density at radius 3 is 2.39 bits per heavy atom. The normalized spacial score (nSPS) is 17.0. The molecule has 2 heterocycles. The summed E-state index contributed by atoms with van der Waals surface area (Å²) in [6.45, 7) is 10.2. The summed E-state index contributed by atoms with van der Waals surface area (Å²) in [5.74, 6) is 0.824. The van der Waals surface area contributed by atoms with Crippen LogP contribution in [0.25, 0.3) is 0 Å². The number of methoxy groups -OCH3 is 1. The first-order valence-corrected chi connectivity index (χ1v) is 13.5. The van der Waals surface area contributed by atoms with Gasteiger partial charge in [-0.3, -0.25) is 19.4 Å². The summed E-state index contributed by atoms with van der Waals surface area (Å²) in [5, 5.41) is 9.90. The number of hydrogen-bond donors (Lipinski definition) is 1. The van der Waals surface area contributed by atoms with Gasteiger partial charge in [0, 0.05) is 50.4 Å². The maximum absolute atomic E-state index is 13.6. The number of piperazine rings is 1. The molecule has 206 valence electrons. The van der Waals surface area contributed by atoms with Crippen LogP contribution in [0.4, 0.5) is 0 Å². The third-order valence-electron chi connectivity index (χ3n) is 8.35. The van der Waals surface area contributed by atoms with Crippen molar-refractivity contribution in [3.8, 4) is 11.5 Å². The lowest BCUT2D eigenvalue weighted by Crippen LogP contribution is -2.54. The van der Waals surface area contributed by atoms with E-state index in [1.165, 1.54) is 5.56 Å². The number of amides is 2. The first-order chi connectivity index (χ1) is 18.0. The smallest absolute Gasteiger partial charge is 0.254 e. The van der Waals surface area contributed by atoms with Gasteiger partial charge in [-0.1, -0.05) is 18.2 Å². The van der Waals surface area contributed by atoms with Crippen LogP contribution >= 0.6 is 0 Å². The van der Waals surface area contributed by atoms with E-state index < -0.39 is 0 Å². The molecule has 8 heteroatoms. The van der Waals surface area contributed by atoms with Crippen molar-refractivity contribution >= 4 is 11.8 Å². The predicted octanol–water partition coefficient (Wildman–Crippen LogP) is 3.36. The molecule has 8 nitrogen and oxygen atoms in total. The maximum Gasteiger partial charge on any atom is 0.254 e. The minimum atomic E-state index is -0.167. The molecular formula is C30H42N4O4. The molecule has 0 aliphatic carbocycles. The number of likely N-dealkylation sites (N-methyl/N-ethyl adjacent to an activating group) is 1. The molecule has 0 spiro atoms. The first kappa shape index (κ1) is 27.9. The van der Waals surface area contributed by atoms with Crippen molar-refractivity contribution in [1.29, 1.82) is 0 Å². The summed E-state index contributed by atoms with van der Waals surface area (Å²) >= 11 is 0. The van der Waals surface area contributed by atoms with Gasteiger partial charge in [0.15, 0.2) is 11.5 Å². The second-order valence-electron chi connectivity index (χ2n) is 11.4. The SMILES string of the molecule is COc1cc(CCC(C)(C)N2Cc3cccc(C(=O)N4CCN(C(=O)[C@H](C)N(C)C)CC4)c3C2)ccc1O. The number of aromatic hydroxyl groups is 1. The van der Waals surface area contributed by atoms with E-state index >= 15 is 0 Å². The highest BCUT2D eigenvalue weighted by molar-refractivity contribution is 5.96. The van der Waals surface area contributed by atoms with Gasteiger partial charge in [0.05, 0.1) is 13.2 Å². The van der Waals surface area contributed by atoms with Crippen LogP contribution in [0, 0.1) is 0 Å². The lowest BCUT2D eigenvalue weighted by Gasteiger charge is -2.37. The standard InChI is InChI=1S/C30H42N4O4/c1-21(31(4)5)28(36)32-14-16-33(17-15-32)29(37)24-9-7-8-23-19-34(20-25(23)24)30(2,3)13-12-22-10-11-26(35)27(18-22)38-6/h7-11,18,21,35H,12-17,19-20H2,1-6H3/t21-/m0/s1. The largest absolute Gasteiger partial charge is 0.504 e. The van der Waals surface area contributed by atoms with Gasteiger partial charge in [0.2, 0.25) is 5.91 Å². The Hall–Kier alpha value is -3.10. The highest BCUT2D eigenvalue weighted by Crippen LogP contribution is 2.35. The number of carbonyl (C=O) groups excluding carboxylic acids is 2. The molecule has 1 atom stereocenters. The average Bonchev–Trinajstić information content (AvgIpc) is 3.37. The number of benzene rings is 2. The van der Waals surface area contributed by atoms with Crippen LogP contribution in [-0.4, -0.2) is 95.5 Å². The van der Waals surface area contributed by atoms with Crippen molar-refractivity contribution in [2.75, 3.05) is 47.4 Å². The third-order valence-corrected chi connectivity index (χ3v) is 8.35. The second-order valence-corrected chi connectivity index (χ2v) is 11.4. The molecule has 2 aromatic rings. The van der Waals surface area contributed by atoms with Crippen LogP contribution in [0.15, 0.2) is 36.4 Å². The molecule has 0 saturated carbocycles. The summed E-state index contributed by atoms with van der Waals surface area (Å²) in [6.07, 6.45) is 1.79. The van der Waals surface area contributed by atoms with Crippen LogP contribution in [0.5, 0.6) is 11.5 Å². The van der Waals surface area contributed by atoms with Crippen molar-refractivity contribution in [3.63, 3.8) is 0 Å². The fraction of sp³-hybridized carbons (Fsp3) is 0.533. The molecule has 0 aromatic heterocycles. The van der Waals surface area contributed by atoms with Crippen molar-refractivity contribution < 1.29 is 19.4 Å². The molecule has 0 unspecified atom stereocenters. The molecular weight excluding hydrogens is 480 g/mol. The van der Waals surface area contributed by atoms with Gasteiger partial charge in [-0.05, 0) is 82.6 Å². The van der Waals surface area contributed by atoms with Gasteiger partial charge < -0.3 is 19.6 Å². The van der Waals surface area contributed by atoms with Gasteiger partial charge in [-0.2, -0.15) is 0 Å². The van der Waals surface area contributed by atoms with Crippen LogP contribution in [0.2, 0.25) is 0 Å². The van der Waals surface area contributed by atoms with Gasteiger partial charge in [0.1, 0.15) is 0 Å². The number of phenols is 1. The summed E-state index contributed by atoms with van der Waals surface area (Å²) in [4.78, 5) is 34.5. The zero-order valence-corrected chi connectivity index (χ0v) is 23.7. The summed E-state index contributed by atoms with van der Waals surface area (Å²) in [5.41, 5.74) is 4.16. The molecule has 38 heavy (non-hydrogen) atoms. The van der Waals surface area contributed by atoms with E-state index in [-0.39, 0.29) is 29.1 Å². The van der Waals surface area contributed by atoms with Crippen molar-refractivity contribution in [1.82, 2.24) is 19.6 Å². The summed E-state index contributed by atoms with van der Waals surface area (Å²) in [6, 6.07) is 11.4. The van der Waals surface area contributed by atoms with E-state index in [9.17, 15) is 14.7 Å². The first-order valence-electron chi connectivity index (χ1n) is 13.5. The van der Waals surface area contributed by atoms with E-state index in [4.69, 9.17) is 4.74 Å². The Morgan fingerprint density at radius 2 is 1.74 bits per heavy atom. The Balaban J connectivity index is 1.39. The van der Waals surface area contributed by atoms with Crippen LogP contribution in [-0.2, 0) is 24.3 Å². The number of fused-ring (bicyclic) bond motifs is 1. The molecule has 4 rings (SSSR count). The molecule has 2 aromatic carbocycles. The third kappa shape index (κ3) is 5.81. The average molecular weight is 523 g/mol. The molecule has 1 fully saturated rings. The molecule has 0 bridgehead atoms. The van der Waals surface area contributed by atoms with E-state index in [1.807, 2.05) is 60.0 Å². The Morgan fingerprint density at radius 1 is 1.05 bits per heavy atom. The molecule has 0 radical (unpaired) electrons. The lowest BCUT2D eigenvalue weighted by atomic mass is 9.93. The predicted molar refractivity (Wildman–Crippen MR) is 148 cm³/mol. The second kappa shape index (κ2) is 11.3. The number of ether oxygens (including phenoxy) is 1. The number of nitrogens with zero attached hydrogens (tertiary/aromatic N) is 4. The van der Waals surface area contributed by atoms with Crippen LogP contribution in [0.1, 0.15) is 54.2 Å². The zero-order valence-electron chi connectivity index (χ0n) is 23.7. The van der Waals surface area contributed by atoms with E-state index in [1.54, 1.807) is 13.2 Å². The fourth-order valence-electron chi connectivity index (χ4n) is 5.32. The lowest BCUT2D eigenvalue weighted by molar-refractivity contribution is -0.137. The van der Waals surface area contributed by atoms with Crippen molar-refractivity contribution in [3.05, 3.63) is 58.7 Å². The van der Waals surface area contributed by atoms with Gasteiger partial charge in [-0.15, -0.1) is 0 Å². The van der Waals surface area contributed by atoms with E-state index in [0.29, 0.717) is 31.9 Å². The molecule has 2 aliphatic rings. The Kier molecular flexibility index (Phi) is 8.33. The number of aryl methyl sites for hydroxylation is 1. The quantitative estimate of drug-likeness (QED) is 0.573. The van der Waals surface area contributed by atoms with Gasteiger partial charge in [0.25, 0.3) is 5.91 Å². The van der Waals surface area contributed by atoms with Crippen molar-refractivity contribution in [2.45, 2.75) is 58.3 Å². The highest BCUT2D eigenvalue weighted by atomic mass is 16.5. The summed E-state index contributed by atoms with van der Waals surface area (Å²) < 4.78 is 5.26. The minimum Gasteiger partial charge on any atom is -0.504 e. The maximum atomic E-state index is 13.6. The molecule has 2 amide bonds. The number of carbonyl (C=O) groups is 2. The minimum absolute atomic E-state index is 0.0606.